The Hall–Kier alpha value is -1.24. The van der Waals surface area contributed by atoms with Gasteiger partial charge < -0.3 is 4.74 Å². The molecule has 1 rings (SSSR count). The van der Waals surface area contributed by atoms with Crippen LogP contribution < -0.4 is 4.74 Å². The molecule has 0 aliphatic rings. The first kappa shape index (κ1) is 7.86. The Morgan fingerprint density at radius 1 is 1.36 bits per heavy atom. The lowest BCUT2D eigenvalue weighted by atomic mass is 10.2. The molecule has 0 radical (unpaired) electrons. The van der Waals surface area contributed by atoms with Crippen molar-refractivity contribution in [2.45, 2.75) is 13.3 Å². The number of benzene rings is 1. The van der Waals surface area contributed by atoms with Gasteiger partial charge in [-0.15, -0.1) is 0 Å². The average molecular weight is 148 g/mol. The summed E-state index contributed by atoms with van der Waals surface area (Å²) >= 11 is 0. The van der Waals surface area contributed by atoms with E-state index in [1.165, 1.54) is 11.8 Å². The summed E-state index contributed by atoms with van der Waals surface area (Å²) in [6, 6.07) is 8.00. The topological polar surface area (TPSA) is 9.23 Å². The third-order valence-electron chi connectivity index (χ3n) is 1.55. The van der Waals surface area contributed by atoms with E-state index in [2.05, 4.69) is 25.6 Å². The van der Waals surface area contributed by atoms with Gasteiger partial charge in [0.1, 0.15) is 5.75 Å². The minimum Gasteiger partial charge on any atom is -0.466 e. The van der Waals surface area contributed by atoms with Crippen LogP contribution in [-0.4, -0.2) is 0 Å². The number of hydrogen-bond acceptors (Lipinski definition) is 1. The second-order valence-electron chi connectivity index (χ2n) is 2.28. The molecule has 0 aromatic heterocycles. The number of ether oxygens (including phenoxy) is 1. The van der Waals surface area contributed by atoms with Crippen molar-refractivity contribution in [2.24, 2.45) is 0 Å². The minimum absolute atomic E-state index is 0.845. The monoisotopic (exact) mass is 148 g/mol. The molecule has 0 unspecified atom stereocenters. The molecule has 1 nitrogen and oxygen atoms in total. The summed E-state index contributed by atoms with van der Waals surface area (Å²) in [5.74, 6) is 0.845. The summed E-state index contributed by atoms with van der Waals surface area (Å²) < 4.78 is 5.07. The highest BCUT2D eigenvalue weighted by molar-refractivity contribution is 5.27. The van der Waals surface area contributed by atoms with E-state index in [4.69, 9.17) is 4.74 Å². The van der Waals surface area contributed by atoms with Crippen LogP contribution in [0.3, 0.4) is 0 Å². The van der Waals surface area contributed by atoms with E-state index in [9.17, 15) is 0 Å². The second kappa shape index (κ2) is 3.81. The average Bonchev–Trinajstić information content (AvgIpc) is 2.07. The van der Waals surface area contributed by atoms with E-state index in [1.54, 1.807) is 0 Å². The number of hydrogen-bond donors (Lipinski definition) is 0. The van der Waals surface area contributed by atoms with E-state index >= 15 is 0 Å². The van der Waals surface area contributed by atoms with Gasteiger partial charge in [0.25, 0.3) is 0 Å². The molecule has 0 bridgehead atoms. The molecule has 0 amide bonds. The number of rotatable bonds is 3. The molecule has 1 aromatic rings. The standard InChI is InChI=1S/C10H12O/c1-3-9-5-7-10(8-6-9)11-4-2/h4-8H,2-3H2,1H3. The van der Waals surface area contributed by atoms with E-state index in [0.717, 1.165) is 12.2 Å². The Balaban J connectivity index is 2.74. The smallest absolute Gasteiger partial charge is 0.126 e. The van der Waals surface area contributed by atoms with Gasteiger partial charge in [0, 0.05) is 0 Å². The van der Waals surface area contributed by atoms with Crippen molar-refractivity contribution in [1.82, 2.24) is 0 Å². The Kier molecular flexibility index (Phi) is 2.73. The first-order chi connectivity index (χ1) is 5.36. The number of aryl methyl sites for hydroxylation is 1. The Morgan fingerprint density at radius 2 is 2.00 bits per heavy atom. The van der Waals surface area contributed by atoms with E-state index < -0.39 is 0 Å². The third kappa shape index (κ3) is 2.11. The minimum atomic E-state index is 0.845. The Morgan fingerprint density at radius 3 is 2.45 bits per heavy atom. The molecule has 1 aromatic carbocycles. The summed E-state index contributed by atoms with van der Waals surface area (Å²) in [7, 11) is 0. The molecule has 0 aliphatic carbocycles. The van der Waals surface area contributed by atoms with E-state index in [-0.39, 0.29) is 0 Å². The quantitative estimate of drug-likeness (QED) is 0.599. The summed E-state index contributed by atoms with van der Waals surface area (Å²) in [6.07, 6.45) is 2.50. The van der Waals surface area contributed by atoms with Crippen molar-refractivity contribution in [3.8, 4) is 5.75 Å². The van der Waals surface area contributed by atoms with Crippen LogP contribution in [0.25, 0.3) is 0 Å². The lowest BCUT2D eigenvalue weighted by Gasteiger charge is -1.99. The van der Waals surface area contributed by atoms with Crippen LogP contribution in [0.2, 0.25) is 0 Å². The SMILES string of the molecule is C=COc1ccc(CC)cc1. The van der Waals surface area contributed by atoms with Gasteiger partial charge in [-0.05, 0) is 24.1 Å². The summed E-state index contributed by atoms with van der Waals surface area (Å²) in [4.78, 5) is 0. The predicted octanol–water partition coefficient (Wildman–Crippen LogP) is 2.77. The molecule has 0 saturated heterocycles. The normalized spacial score (nSPS) is 9.18. The predicted molar refractivity (Wildman–Crippen MR) is 46.6 cm³/mol. The maximum absolute atomic E-state index is 5.07. The fourth-order valence-electron chi connectivity index (χ4n) is 0.900. The molecular formula is C10H12O. The van der Waals surface area contributed by atoms with Crippen molar-refractivity contribution < 1.29 is 4.74 Å². The zero-order chi connectivity index (χ0) is 8.10. The van der Waals surface area contributed by atoms with E-state index in [0.29, 0.717) is 0 Å². The second-order valence-corrected chi connectivity index (χ2v) is 2.28. The van der Waals surface area contributed by atoms with Crippen molar-refractivity contribution in [1.29, 1.82) is 0 Å². The van der Waals surface area contributed by atoms with E-state index in [1.807, 2.05) is 12.1 Å². The van der Waals surface area contributed by atoms with Crippen molar-refractivity contribution >= 4 is 0 Å². The van der Waals surface area contributed by atoms with Gasteiger partial charge in [-0.25, -0.2) is 0 Å². The van der Waals surface area contributed by atoms with Crippen LogP contribution in [0.1, 0.15) is 12.5 Å². The van der Waals surface area contributed by atoms with Gasteiger partial charge >= 0.3 is 0 Å². The molecular weight excluding hydrogens is 136 g/mol. The molecule has 0 heterocycles. The highest BCUT2D eigenvalue weighted by atomic mass is 16.5. The van der Waals surface area contributed by atoms with Crippen LogP contribution in [0.15, 0.2) is 37.1 Å². The molecule has 0 fully saturated rings. The maximum Gasteiger partial charge on any atom is 0.126 e. The first-order valence-corrected chi connectivity index (χ1v) is 3.73. The summed E-state index contributed by atoms with van der Waals surface area (Å²) in [5, 5.41) is 0. The third-order valence-corrected chi connectivity index (χ3v) is 1.55. The molecule has 0 saturated carbocycles. The first-order valence-electron chi connectivity index (χ1n) is 3.73. The van der Waals surface area contributed by atoms with Crippen LogP contribution in [-0.2, 0) is 6.42 Å². The molecule has 0 aliphatic heterocycles. The van der Waals surface area contributed by atoms with Crippen molar-refractivity contribution in [3.63, 3.8) is 0 Å². The fraction of sp³-hybridized carbons (Fsp3) is 0.200. The van der Waals surface area contributed by atoms with Gasteiger partial charge in [0.05, 0.1) is 6.26 Å². The van der Waals surface area contributed by atoms with Gasteiger partial charge in [-0.3, -0.25) is 0 Å². The van der Waals surface area contributed by atoms with Crippen LogP contribution in [0.4, 0.5) is 0 Å². The molecule has 11 heavy (non-hydrogen) atoms. The maximum atomic E-state index is 5.07. The van der Waals surface area contributed by atoms with Gasteiger partial charge in [-0.1, -0.05) is 25.6 Å². The lowest BCUT2D eigenvalue weighted by molar-refractivity contribution is 0.483. The fourth-order valence-corrected chi connectivity index (χ4v) is 0.900. The molecule has 1 heteroatoms. The lowest BCUT2D eigenvalue weighted by Crippen LogP contribution is -1.82. The van der Waals surface area contributed by atoms with Crippen LogP contribution in [0.5, 0.6) is 5.75 Å². The molecule has 58 valence electrons. The molecule has 0 atom stereocenters. The van der Waals surface area contributed by atoms with Crippen molar-refractivity contribution in [2.75, 3.05) is 0 Å². The van der Waals surface area contributed by atoms with Crippen LogP contribution in [0, 0.1) is 0 Å². The highest BCUT2D eigenvalue weighted by Gasteiger charge is 1.90. The summed E-state index contributed by atoms with van der Waals surface area (Å²) in [6.45, 7) is 5.60. The van der Waals surface area contributed by atoms with Gasteiger partial charge in [0.2, 0.25) is 0 Å². The zero-order valence-corrected chi connectivity index (χ0v) is 6.71. The van der Waals surface area contributed by atoms with Crippen molar-refractivity contribution in [3.05, 3.63) is 42.7 Å². The largest absolute Gasteiger partial charge is 0.466 e. The van der Waals surface area contributed by atoms with Gasteiger partial charge in [0.15, 0.2) is 0 Å². The molecule has 0 spiro atoms. The Labute approximate surface area is 67.3 Å². The highest BCUT2D eigenvalue weighted by Crippen LogP contribution is 2.12. The Bertz CT molecular complexity index is 223. The van der Waals surface area contributed by atoms with Crippen LogP contribution >= 0.6 is 0 Å². The zero-order valence-electron chi connectivity index (χ0n) is 6.71. The van der Waals surface area contributed by atoms with Gasteiger partial charge in [-0.2, -0.15) is 0 Å². The summed E-state index contributed by atoms with van der Waals surface area (Å²) in [5.41, 5.74) is 1.32. The molecule has 0 N–H and O–H groups in total.